The SMILES string of the molecule is NS(=O)(=O)c1cc(F)c(C(=O)N2CC3=C(CN(C(=O)O)C3)C2)cc1F. The molecule has 3 N–H and O–H groups in total. The molecule has 25 heavy (non-hydrogen) atoms. The fourth-order valence-electron chi connectivity index (χ4n) is 2.94. The molecule has 2 heterocycles. The second kappa shape index (κ2) is 5.77. The van der Waals surface area contributed by atoms with E-state index < -0.39 is 44.1 Å². The van der Waals surface area contributed by atoms with Crippen LogP contribution in [0.15, 0.2) is 28.2 Å². The smallest absolute Gasteiger partial charge is 0.407 e. The first-order valence-corrected chi connectivity index (χ1v) is 8.61. The molecule has 0 saturated heterocycles. The van der Waals surface area contributed by atoms with Crippen LogP contribution in [-0.4, -0.2) is 61.5 Å². The lowest BCUT2D eigenvalue weighted by atomic mass is 10.1. The van der Waals surface area contributed by atoms with Crippen molar-refractivity contribution in [2.45, 2.75) is 4.90 Å². The van der Waals surface area contributed by atoms with Gasteiger partial charge in [0.05, 0.1) is 5.56 Å². The second-order valence-corrected chi connectivity index (χ2v) is 7.34. The zero-order chi connectivity index (χ0) is 18.5. The number of amides is 2. The van der Waals surface area contributed by atoms with Gasteiger partial charge in [-0.2, -0.15) is 0 Å². The average Bonchev–Trinajstić information content (AvgIpc) is 3.06. The van der Waals surface area contributed by atoms with E-state index in [1.807, 2.05) is 0 Å². The van der Waals surface area contributed by atoms with E-state index in [4.69, 9.17) is 10.2 Å². The quantitative estimate of drug-likeness (QED) is 0.725. The Balaban J connectivity index is 1.80. The van der Waals surface area contributed by atoms with E-state index in [1.54, 1.807) is 0 Å². The van der Waals surface area contributed by atoms with Crippen LogP contribution in [0.4, 0.5) is 13.6 Å². The molecule has 0 atom stereocenters. The zero-order valence-electron chi connectivity index (χ0n) is 12.7. The molecule has 1 aromatic carbocycles. The van der Waals surface area contributed by atoms with Crippen molar-refractivity contribution in [1.29, 1.82) is 0 Å². The first kappa shape index (κ1) is 17.3. The summed E-state index contributed by atoms with van der Waals surface area (Å²) in [5.74, 6) is -3.33. The van der Waals surface area contributed by atoms with Crippen molar-refractivity contribution in [3.8, 4) is 0 Å². The summed E-state index contributed by atoms with van der Waals surface area (Å²) in [7, 11) is -4.45. The maximum atomic E-state index is 14.1. The van der Waals surface area contributed by atoms with Gasteiger partial charge in [0.1, 0.15) is 16.5 Å². The number of primary sulfonamides is 1. The molecule has 2 amide bonds. The number of rotatable bonds is 2. The Morgan fingerprint density at radius 1 is 1.00 bits per heavy atom. The molecule has 11 heteroatoms. The third-order valence-corrected chi connectivity index (χ3v) is 5.07. The molecule has 2 aliphatic heterocycles. The Labute approximate surface area is 141 Å². The normalized spacial score (nSPS) is 17.2. The highest BCUT2D eigenvalue weighted by atomic mass is 32.2. The van der Waals surface area contributed by atoms with Gasteiger partial charge in [0.25, 0.3) is 5.91 Å². The maximum absolute atomic E-state index is 14.1. The molecule has 0 spiro atoms. The van der Waals surface area contributed by atoms with E-state index >= 15 is 0 Å². The predicted octanol–water partition coefficient (Wildman–Crippen LogP) is 0.358. The molecule has 0 fully saturated rings. The third kappa shape index (κ3) is 3.07. The lowest BCUT2D eigenvalue weighted by Crippen LogP contribution is -2.36. The van der Waals surface area contributed by atoms with Crippen LogP contribution in [0.3, 0.4) is 0 Å². The van der Waals surface area contributed by atoms with Crippen LogP contribution in [0.5, 0.6) is 0 Å². The molecule has 0 radical (unpaired) electrons. The van der Waals surface area contributed by atoms with Gasteiger partial charge in [-0.3, -0.25) is 4.79 Å². The Morgan fingerprint density at radius 3 is 2.00 bits per heavy atom. The van der Waals surface area contributed by atoms with Gasteiger partial charge < -0.3 is 14.9 Å². The molecule has 8 nitrogen and oxygen atoms in total. The first-order chi connectivity index (χ1) is 11.6. The number of nitrogens with zero attached hydrogens (tertiary/aromatic N) is 2. The Bertz CT molecular complexity index is 911. The highest BCUT2D eigenvalue weighted by Gasteiger charge is 2.35. The van der Waals surface area contributed by atoms with Crippen molar-refractivity contribution in [2.75, 3.05) is 26.2 Å². The first-order valence-electron chi connectivity index (χ1n) is 7.06. The van der Waals surface area contributed by atoms with E-state index in [0.29, 0.717) is 12.1 Å². The van der Waals surface area contributed by atoms with Crippen molar-refractivity contribution in [2.24, 2.45) is 5.14 Å². The summed E-state index contributed by atoms with van der Waals surface area (Å²) in [4.78, 5) is 24.8. The van der Waals surface area contributed by atoms with E-state index in [9.17, 15) is 26.8 Å². The number of benzene rings is 1. The Kier molecular flexibility index (Phi) is 4.00. The van der Waals surface area contributed by atoms with Crippen LogP contribution in [-0.2, 0) is 10.0 Å². The minimum Gasteiger partial charge on any atom is -0.465 e. The monoisotopic (exact) mass is 373 g/mol. The van der Waals surface area contributed by atoms with Crippen LogP contribution < -0.4 is 5.14 Å². The molecular weight excluding hydrogens is 360 g/mol. The minimum atomic E-state index is -4.45. The van der Waals surface area contributed by atoms with Gasteiger partial charge >= 0.3 is 6.09 Å². The van der Waals surface area contributed by atoms with Gasteiger partial charge in [-0.05, 0) is 23.3 Å². The molecule has 2 aliphatic rings. The highest BCUT2D eigenvalue weighted by Crippen LogP contribution is 2.28. The fraction of sp³-hybridized carbons (Fsp3) is 0.286. The van der Waals surface area contributed by atoms with Gasteiger partial charge in [0, 0.05) is 26.2 Å². The number of nitrogens with two attached hydrogens (primary N) is 1. The molecule has 0 saturated carbocycles. The van der Waals surface area contributed by atoms with Crippen LogP contribution in [0.25, 0.3) is 0 Å². The van der Waals surface area contributed by atoms with Crippen molar-refractivity contribution in [1.82, 2.24) is 9.80 Å². The third-order valence-electron chi connectivity index (χ3n) is 4.14. The van der Waals surface area contributed by atoms with Crippen molar-refractivity contribution in [3.63, 3.8) is 0 Å². The summed E-state index contributed by atoms with van der Waals surface area (Å²) in [6.45, 7) is 0.539. The van der Waals surface area contributed by atoms with E-state index in [-0.39, 0.29) is 26.2 Å². The summed E-state index contributed by atoms with van der Waals surface area (Å²) in [5, 5.41) is 13.7. The van der Waals surface area contributed by atoms with Crippen LogP contribution >= 0.6 is 0 Å². The van der Waals surface area contributed by atoms with E-state index in [1.165, 1.54) is 9.80 Å². The minimum absolute atomic E-state index is 0.107. The summed E-state index contributed by atoms with van der Waals surface area (Å²) < 4.78 is 50.3. The Hall–Kier alpha value is -2.53. The van der Waals surface area contributed by atoms with Gasteiger partial charge in [0.15, 0.2) is 0 Å². The molecule has 0 bridgehead atoms. The number of hydrogen-bond acceptors (Lipinski definition) is 4. The maximum Gasteiger partial charge on any atom is 0.407 e. The van der Waals surface area contributed by atoms with E-state index in [2.05, 4.69) is 0 Å². The van der Waals surface area contributed by atoms with Gasteiger partial charge in [-0.25, -0.2) is 27.1 Å². The van der Waals surface area contributed by atoms with Crippen LogP contribution in [0.2, 0.25) is 0 Å². The number of carbonyl (C=O) groups excluding carboxylic acids is 1. The summed E-state index contributed by atoms with van der Waals surface area (Å²) >= 11 is 0. The van der Waals surface area contributed by atoms with Crippen molar-refractivity contribution in [3.05, 3.63) is 40.5 Å². The number of carboxylic acid groups (broad SMARTS) is 1. The lowest BCUT2D eigenvalue weighted by Gasteiger charge is -2.21. The largest absolute Gasteiger partial charge is 0.465 e. The number of sulfonamides is 1. The lowest BCUT2D eigenvalue weighted by molar-refractivity contribution is 0.0785. The summed E-state index contributed by atoms with van der Waals surface area (Å²) in [5.41, 5.74) is 0.886. The number of halogens is 2. The fourth-order valence-corrected chi connectivity index (χ4v) is 3.54. The highest BCUT2D eigenvalue weighted by molar-refractivity contribution is 7.89. The molecule has 1 aromatic rings. The molecule has 0 aromatic heterocycles. The standard InChI is InChI=1S/C14H13F2N3O5S/c15-10-2-12(25(17,23)24)11(16)1-9(10)13(20)18-3-7-5-19(14(21)22)6-8(7)4-18/h1-2H,3-6H2,(H,21,22)(H2,17,23,24). The van der Waals surface area contributed by atoms with Gasteiger partial charge in [-0.15, -0.1) is 0 Å². The molecule has 0 aliphatic carbocycles. The van der Waals surface area contributed by atoms with Gasteiger partial charge in [-0.1, -0.05) is 0 Å². The summed E-state index contributed by atoms with van der Waals surface area (Å²) in [6, 6.07) is 0.881. The number of hydrogen-bond donors (Lipinski definition) is 2. The predicted molar refractivity (Wildman–Crippen MR) is 80.3 cm³/mol. The number of carbonyl (C=O) groups is 2. The zero-order valence-corrected chi connectivity index (χ0v) is 13.5. The van der Waals surface area contributed by atoms with Crippen LogP contribution in [0, 0.1) is 11.6 Å². The topological polar surface area (TPSA) is 121 Å². The molecule has 3 rings (SSSR count). The average molecular weight is 373 g/mol. The Morgan fingerprint density at radius 2 is 1.52 bits per heavy atom. The van der Waals surface area contributed by atoms with E-state index in [0.717, 1.165) is 11.1 Å². The molecule has 0 unspecified atom stereocenters. The van der Waals surface area contributed by atoms with Crippen molar-refractivity contribution >= 4 is 22.0 Å². The van der Waals surface area contributed by atoms with Crippen molar-refractivity contribution < 1.29 is 31.9 Å². The van der Waals surface area contributed by atoms with Crippen LogP contribution in [0.1, 0.15) is 10.4 Å². The summed E-state index contributed by atoms with van der Waals surface area (Å²) in [6.07, 6.45) is -1.07. The van der Waals surface area contributed by atoms with Gasteiger partial charge in [0.2, 0.25) is 10.0 Å². The molecular formula is C14H13F2N3O5S. The second-order valence-electron chi connectivity index (χ2n) is 5.81. The molecule has 134 valence electrons.